The van der Waals surface area contributed by atoms with Crippen molar-refractivity contribution in [1.82, 2.24) is 20.2 Å². The van der Waals surface area contributed by atoms with E-state index in [1.807, 2.05) is 0 Å². The lowest BCUT2D eigenvalue weighted by Crippen LogP contribution is -2.08. The Morgan fingerprint density at radius 2 is 2.50 bits per heavy atom. The van der Waals surface area contributed by atoms with Crippen LogP contribution in [0.3, 0.4) is 0 Å². The molecule has 2 aromatic heterocycles. The highest BCUT2D eigenvalue weighted by Crippen LogP contribution is 2.07. The number of carbonyl (C=O) groups is 1. The van der Waals surface area contributed by atoms with Crippen molar-refractivity contribution in [3.05, 3.63) is 24.2 Å². The van der Waals surface area contributed by atoms with Gasteiger partial charge in [0, 0.05) is 6.07 Å². The van der Waals surface area contributed by atoms with Crippen LogP contribution in [0.5, 0.6) is 0 Å². The normalized spacial score (nSPS) is 10.3. The molecule has 7 nitrogen and oxygen atoms in total. The predicted octanol–water partition coefficient (Wildman–Crippen LogP) is -0.118. The summed E-state index contributed by atoms with van der Waals surface area (Å²) in [5.41, 5.74) is 0. The fourth-order valence-electron chi connectivity index (χ4n) is 1.01. The van der Waals surface area contributed by atoms with E-state index in [4.69, 9.17) is 9.52 Å². The fraction of sp³-hybridized carbons (Fsp3) is 0.143. The molecule has 0 amide bonds. The summed E-state index contributed by atoms with van der Waals surface area (Å²) < 4.78 is 6.27. The summed E-state index contributed by atoms with van der Waals surface area (Å²) in [7, 11) is 0. The van der Waals surface area contributed by atoms with E-state index in [-0.39, 0.29) is 12.2 Å². The maximum atomic E-state index is 10.4. The first-order chi connectivity index (χ1) is 6.77. The maximum absolute atomic E-state index is 10.4. The quantitative estimate of drug-likeness (QED) is 0.732. The Labute approximate surface area is 78.0 Å². The molecule has 0 unspecified atom stereocenters. The molecule has 0 saturated heterocycles. The van der Waals surface area contributed by atoms with Crippen LogP contribution < -0.4 is 0 Å². The Morgan fingerprint density at radius 3 is 3.14 bits per heavy atom. The van der Waals surface area contributed by atoms with Gasteiger partial charge in [-0.3, -0.25) is 4.79 Å². The Balaban J connectivity index is 2.35. The molecule has 0 saturated carbocycles. The van der Waals surface area contributed by atoms with Gasteiger partial charge in [0.05, 0.1) is 6.26 Å². The monoisotopic (exact) mass is 194 g/mol. The third kappa shape index (κ3) is 1.47. The molecule has 0 radical (unpaired) electrons. The smallest absolute Gasteiger partial charge is 0.311 e. The topological polar surface area (TPSA) is 94.0 Å². The Hall–Kier alpha value is -2.18. The summed E-state index contributed by atoms with van der Waals surface area (Å²) in [6.45, 7) is 0. The van der Waals surface area contributed by atoms with Crippen LogP contribution in [0, 0.1) is 0 Å². The number of nitrogens with zero attached hydrogens (tertiary/aromatic N) is 4. The summed E-state index contributed by atoms with van der Waals surface area (Å²) in [5, 5.41) is 19.1. The summed E-state index contributed by atoms with van der Waals surface area (Å²) in [4.78, 5) is 10.4. The van der Waals surface area contributed by atoms with Gasteiger partial charge in [-0.15, -0.1) is 5.10 Å². The molecular formula is C7H6N4O3. The number of furan rings is 1. The maximum Gasteiger partial charge on any atom is 0.311 e. The van der Waals surface area contributed by atoms with E-state index in [0.29, 0.717) is 5.88 Å². The van der Waals surface area contributed by atoms with Gasteiger partial charge < -0.3 is 9.52 Å². The van der Waals surface area contributed by atoms with Gasteiger partial charge in [0.25, 0.3) is 0 Å². The van der Waals surface area contributed by atoms with Crippen LogP contribution in [0.1, 0.15) is 5.82 Å². The number of hydrogen-bond acceptors (Lipinski definition) is 5. The Kier molecular flexibility index (Phi) is 1.98. The van der Waals surface area contributed by atoms with Crippen molar-refractivity contribution >= 4 is 5.97 Å². The molecule has 14 heavy (non-hydrogen) atoms. The summed E-state index contributed by atoms with van der Waals surface area (Å²) in [5.74, 6) is -0.369. The Morgan fingerprint density at radius 1 is 1.64 bits per heavy atom. The van der Waals surface area contributed by atoms with E-state index >= 15 is 0 Å². The molecule has 0 atom stereocenters. The molecule has 0 aliphatic carbocycles. The number of hydrogen-bond donors (Lipinski definition) is 1. The van der Waals surface area contributed by atoms with E-state index < -0.39 is 5.97 Å². The van der Waals surface area contributed by atoms with Crippen LogP contribution in [0.2, 0.25) is 0 Å². The predicted molar refractivity (Wildman–Crippen MR) is 42.8 cm³/mol. The van der Waals surface area contributed by atoms with Crippen molar-refractivity contribution < 1.29 is 14.3 Å². The molecule has 0 bridgehead atoms. The average Bonchev–Trinajstić information content (AvgIpc) is 2.70. The van der Waals surface area contributed by atoms with Crippen LogP contribution in [-0.4, -0.2) is 31.3 Å². The molecule has 0 spiro atoms. The fourth-order valence-corrected chi connectivity index (χ4v) is 1.01. The number of tetrazole rings is 1. The van der Waals surface area contributed by atoms with Gasteiger partial charge in [-0.1, -0.05) is 0 Å². The van der Waals surface area contributed by atoms with Crippen LogP contribution in [-0.2, 0) is 11.2 Å². The number of aliphatic carboxylic acids is 1. The molecule has 2 aromatic rings. The summed E-state index contributed by atoms with van der Waals surface area (Å²) in [6.07, 6.45) is 1.22. The molecule has 0 aromatic carbocycles. The molecular weight excluding hydrogens is 188 g/mol. The zero-order chi connectivity index (χ0) is 9.97. The highest BCUT2D eigenvalue weighted by molar-refractivity contribution is 5.69. The number of carboxylic acids is 1. The zero-order valence-corrected chi connectivity index (χ0v) is 6.99. The van der Waals surface area contributed by atoms with E-state index in [9.17, 15) is 4.79 Å². The first kappa shape index (κ1) is 8.42. The minimum atomic E-state index is -0.993. The van der Waals surface area contributed by atoms with Crippen LogP contribution in [0.4, 0.5) is 0 Å². The van der Waals surface area contributed by atoms with Crippen molar-refractivity contribution in [3.8, 4) is 5.88 Å². The molecule has 0 aliphatic heterocycles. The van der Waals surface area contributed by atoms with Crippen molar-refractivity contribution in [2.45, 2.75) is 6.42 Å². The lowest BCUT2D eigenvalue weighted by Gasteiger charge is -1.96. The lowest BCUT2D eigenvalue weighted by molar-refractivity contribution is -0.136. The number of carboxylic acid groups (broad SMARTS) is 1. The molecule has 1 N–H and O–H groups in total. The van der Waals surface area contributed by atoms with E-state index in [2.05, 4.69) is 15.5 Å². The van der Waals surface area contributed by atoms with Crippen LogP contribution in [0.25, 0.3) is 5.88 Å². The molecule has 0 aliphatic rings. The third-order valence-electron chi connectivity index (χ3n) is 1.56. The molecule has 72 valence electrons. The minimum Gasteiger partial charge on any atom is -0.481 e. The van der Waals surface area contributed by atoms with Crippen LogP contribution in [0.15, 0.2) is 22.8 Å². The van der Waals surface area contributed by atoms with Gasteiger partial charge in [-0.05, 0) is 16.5 Å². The van der Waals surface area contributed by atoms with Gasteiger partial charge in [0.15, 0.2) is 5.82 Å². The first-order valence-electron chi connectivity index (χ1n) is 3.80. The van der Waals surface area contributed by atoms with Crippen molar-refractivity contribution in [3.63, 3.8) is 0 Å². The second-order valence-electron chi connectivity index (χ2n) is 2.53. The van der Waals surface area contributed by atoms with Gasteiger partial charge in [-0.2, -0.15) is 4.68 Å². The second kappa shape index (κ2) is 3.29. The Bertz CT molecular complexity index is 433. The van der Waals surface area contributed by atoms with E-state index in [1.165, 1.54) is 10.9 Å². The molecule has 2 rings (SSSR count). The minimum absolute atomic E-state index is 0.229. The van der Waals surface area contributed by atoms with Gasteiger partial charge in [0.2, 0.25) is 5.88 Å². The summed E-state index contributed by atoms with van der Waals surface area (Å²) >= 11 is 0. The van der Waals surface area contributed by atoms with E-state index in [0.717, 1.165) is 0 Å². The third-order valence-corrected chi connectivity index (χ3v) is 1.56. The van der Waals surface area contributed by atoms with Gasteiger partial charge >= 0.3 is 5.97 Å². The van der Waals surface area contributed by atoms with Crippen molar-refractivity contribution in [1.29, 1.82) is 0 Å². The first-order valence-corrected chi connectivity index (χ1v) is 3.80. The highest BCUT2D eigenvalue weighted by Gasteiger charge is 2.12. The van der Waals surface area contributed by atoms with Crippen molar-refractivity contribution in [2.75, 3.05) is 0 Å². The SMILES string of the molecule is O=C(O)Cc1nnnn1-c1ccco1. The van der Waals surface area contributed by atoms with Crippen molar-refractivity contribution in [2.24, 2.45) is 0 Å². The lowest BCUT2D eigenvalue weighted by atomic mass is 10.4. The molecule has 2 heterocycles. The number of aromatic nitrogens is 4. The highest BCUT2D eigenvalue weighted by atomic mass is 16.4. The number of rotatable bonds is 3. The summed E-state index contributed by atoms with van der Waals surface area (Å²) in [6, 6.07) is 3.31. The zero-order valence-electron chi connectivity index (χ0n) is 6.99. The van der Waals surface area contributed by atoms with Gasteiger partial charge in [-0.25, -0.2) is 0 Å². The van der Waals surface area contributed by atoms with E-state index in [1.54, 1.807) is 12.1 Å². The largest absolute Gasteiger partial charge is 0.481 e. The second-order valence-corrected chi connectivity index (χ2v) is 2.53. The van der Waals surface area contributed by atoms with Crippen LogP contribution >= 0.6 is 0 Å². The average molecular weight is 194 g/mol. The standard InChI is InChI=1S/C7H6N4O3/c12-7(13)4-5-8-9-10-11(5)6-2-1-3-14-6/h1-3H,4H2,(H,12,13). The molecule has 0 fully saturated rings. The molecule has 7 heteroatoms. The van der Waals surface area contributed by atoms with Gasteiger partial charge in [0.1, 0.15) is 6.42 Å².